The normalized spacial score (nSPS) is 18.7. The molecule has 5 amide bonds. The van der Waals surface area contributed by atoms with Gasteiger partial charge in [-0.2, -0.15) is 0 Å². The van der Waals surface area contributed by atoms with E-state index in [1.54, 1.807) is 31.2 Å². The van der Waals surface area contributed by atoms with Crippen molar-refractivity contribution < 1.29 is 28.7 Å². The fourth-order valence-corrected chi connectivity index (χ4v) is 3.31. The zero-order valence-corrected chi connectivity index (χ0v) is 16.0. The molecule has 2 heterocycles. The summed E-state index contributed by atoms with van der Waals surface area (Å²) in [6, 6.07) is 6.05. The van der Waals surface area contributed by atoms with Gasteiger partial charge in [-0.25, -0.2) is 4.79 Å². The second kappa shape index (κ2) is 8.72. The molecule has 154 valence electrons. The Hall–Kier alpha value is -3.43. The van der Waals surface area contributed by atoms with Crippen molar-refractivity contribution in [1.29, 1.82) is 0 Å². The van der Waals surface area contributed by atoms with E-state index in [0.29, 0.717) is 11.4 Å². The van der Waals surface area contributed by atoms with Gasteiger partial charge in [-0.3, -0.25) is 24.1 Å². The molecule has 1 aromatic carbocycles. The lowest BCUT2D eigenvalue weighted by molar-refractivity contribution is -0.148. The summed E-state index contributed by atoms with van der Waals surface area (Å²) in [6.45, 7) is 1.36. The monoisotopic (exact) mass is 402 g/mol. The summed E-state index contributed by atoms with van der Waals surface area (Å²) in [7, 11) is 0. The number of urea groups is 1. The number of imide groups is 1. The number of carbonyl (C=O) groups is 5. The number of amides is 5. The van der Waals surface area contributed by atoms with Gasteiger partial charge < -0.3 is 20.3 Å². The molecule has 2 N–H and O–H groups in total. The predicted octanol–water partition coefficient (Wildman–Crippen LogP) is 0.626. The lowest BCUT2D eigenvalue weighted by atomic mass is 10.1. The minimum absolute atomic E-state index is 0.0312. The molecular formula is C19H22N4O6. The highest BCUT2D eigenvalue weighted by Crippen LogP contribution is 2.31. The number of nitrogens with zero attached hydrogens (tertiary/aromatic N) is 2. The number of hydrogen-bond acceptors (Lipinski definition) is 6. The molecule has 1 saturated heterocycles. The summed E-state index contributed by atoms with van der Waals surface area (Å²) in [5.74, 6) is -1.58. The SMILES string of the molecule is C[C@H]1CC(=O)Nc2ccccc2N1C(=O)COC(=O)CCCN1C(=O)CNC1=O. The van der Waals surface area contributed by atoms with Crippen molar-refractivity contribution in [1.82, 2.24) is 10.2 Å². The van der Waals surface area contributed by atoms with Crippen LogP contribution < -0.4 is 15.5 Å². The Morgan fingerprint density at radius 3 is 2.69 bits per heavy atom. The van der Waals surface area contributed by atoms with E-state index in [0.717, 1.165) is 4.90 Å². The van der Waals surface area contributed by atoms with Crippen molar-refractivity contribution in [3.63, 3.8) is 0 Å². The first kappa shape index (κ1) is 20.3. The second-order valence-corrected chi connectivity index (χ2v) is 6.85. The van der Waals surface area contributed by atoms with E-state index in [9.17, 15) is 24.0 Å². The molecule has 0 unspecified atom stereocenters. The van der Waals surface area contributed by atoms with Gasteiger partial charge in [0, 0.05) is 25.4 Å². The van der Waals surface area contributed by atoms with E-state index >= 15 is 0 Å². The van der Waals surface area contributed by atoms with Gasteiger partial charge >= 0.3 is 12.0 Å². The van der Waals surface area contributed by atoms with Gasteiger partial charge in [0.1, 0.15) is 0 Å². The predicted molar refractivity (Wildman–Crippen MR) is 102 cm³/mol. The topological polar surface area (TPSA) is 125 Å². The summed E-state index contributed by atoms with van der Waals surface area (Å²) in [5.41, 5.74) is 1.07. The summed E-state index contributed by atoms with van der Waals surface area (Å²) in [5, 5.41) is 5.16. The van der Waals surface area contributed by atoms with Gasteiger partial charge in [0.15, 0.2) is 6.61 Å². The molecule has 10 heteroatoms. The summed E-state index contributed by atoms with van der Waals surface area (Å²) < 4.78 is 5.07. The second-order valence-electron chi connectivity index (χ2n) is 6.85. The van der Waals surface area contributed by atoms with Gasteiger partial charge in [0.05, 0.1) is 17.9 Å². The molecule has 0 saturated carbocycles. The van der Waals surface area contributed by atoms with Crippen molar-refractivity contribution in [2.75, 3.05) is 29.9 Å². The molecular weight excluding hydrogens is 380 g/mol. The lowest BCUT2D eigenvalue weighted by Gasteiger charge is -2.27. The molecule has 0 bridgehead atoms. The third kappa shape index (κ3) is 4.71. The van der Waals surface area contributed by atoms with Gasteiger partial charge in [-0.1, -0.05) is 12.1 Å². The highest BCUT2D eigenvalue weighted by Gasteiger charge is 2.30. The van der Waals surface area contributed by atoms with Crippen molar-refractivity contribution in [3.8, 4) is 0 Å². The first-order valence-electron chi connectivity index (χ1n) is 9.31. The number of fused-ring (bicyclic) bond motifs is 1. The van der Waals surface area contributed by atoms with Crippen molar-refractivity contribution in [2.24, 2.45) is 0 Å². The minimum Gasteiger partial charge on any atom is -0.456 e. The maximum atomic E-state index is 12.7. The van der Waals surface area contributed by atoms with E-state index in [1.807, 2.05) is 0 Å². The number of benzene rings is 1. The molecule has 1 atom stereocenters. The lowest BCUT2D eigenvalue weighted by Crippen LogP contribution is -2.41. The molecule has 10 nitrogen and oxygen atoms in total. The number of hydrogen-bond donors (Lipinski definition) is 2. The number of ether oxygens (including phenoxy) is 1. The highest BCUT2D eigenvalue weighted by atomic mass is 16.5. The molecule has 2 aliphatic heterocycles. The number of carbonyl (C=O) groups excluding carboxylic acids is 5. The van der Waals surface area contributed by atoms with Crippen LogP contribution in [0.2, 0.25) is 0 Å². The Morgan fingerprint density at radius 2 is 1.97 bits per heavy atom. The van der Waals surface area contributed by atoms with E-state index in [2.05, 4.69) is 10.6 Å². The number of para-hydroxylation sites is 2. The van der Waals surface area contributed by atoms with Crippen LogP contribution in [-0.2, 0) is 23.9 Å². The number of esters is 1. The Kier molecular flexibility index (Phi) is 6.10. The van der Waals surface area contributed by atoms with Crippen molar-refractivity contribution in [2.45, 2.75) is 32.2 Å². The first-order chi connectivity index (χ1) is 13.9. The third-order valence-electron chi connectivity index (χ3n) is 4.68. The molecule has 3 rings (SSSR count). The summed E-state index contributed by atoms with van der Waals surface area (Å²) >= 11 is 0. The Bertz CT molecular complexity index is 839. The summed E-state index contributed by atoms with van der Waals surface area (Å²) in [6.07, 6.45) is 0.338. The fraction of sp³-hybridized carbons (Fsp3) is 0.421. The number of nitrogens with one attached hydrogen (secondary N) is 2. The first-order valence-corrected chi connectivity index (χ1v) is 9.31. The minimum atomic E-state index is -0.602. The number of rotatable bonds is 6. The average Bonchev–Trinajstić information content (AvgIpc) is 2.92. The molecule has 0 aliphatic carbocycles. The Morgan fingerprint density at radius 1 is 1.21 bits per heavy atom. The van der Waals surface area contributed by atoms with Gasteiger partial charge in [0.25, 0.3) is 5.91 Å². The van der Waals surface area contributed by atoms with Crippen LogP contribution in [0.5, 0.6) is 0 Å². The molecule has 2 aliphatic rings. The zero-order valence-electron chi connectivity index (χ0n) is 16.0. The Labute approximate surface area is 167 Å². The maximum absolute atomic E-state index is 12.7. The molecule has 1 fully saturated rings. The molecule has 0 radical (unpaired) electrons. The van der Waals surface area contributed by atoms with Crippen LogP contribution in [0.1, 0.15) is 26.2 Å². The van der Waals surface area contributed by atoms with Crippen molar-refractivity contribution in [3.05, 3.63) is 24.3 Å². The fourth-order valence-electron chi connectivity index (χ4n) is 3.31. The van der Waals surface area contributed by atoms with Gasteiger partial charge in [-0.15, -0.1) is 0 Å². The number of anilines is 2. The smallest absolute Gasteiger partial charge is 0.324 e. The average molecular weight is 402 g/mol. The molecule has 29 heavy (non-hydrogen) atoms. The van der Waals surface area contributed by atoms with E-state index in [-0.39, 0.29) is 44.2 Å². The summed E-state index contributed by atoms with van der Waals surface area (Å²) in [4.78, 5) is 62.0. The van der Waals surface area contributed by atoms with Gasteiger partial charge in [-0.05, 0) is 25.5 Å². The van der Waals surface area contributed by atoms with Gasteiger partial charge in [0.2, 0.25) is 11.8 Å². The molecule has 1 aromatic rings. The van der Waals surface area contributed by atoms with E-state index < -0.39 is 30.6 Å². The quantitative estimate of drug-likeness (QED) is 0.531. The third-order valence-corrected chi connectivity index (χ3v) is 4.68. The Balaban J connectivity index is 1.53. The van der Waals surface area contributed by atoms with Crippen LogP contribution in [0.25, 0.3) is 0 Å². The van der Waals surface area contributed by atoms with Crippen LogP contribution in [-0.4, -0.2) is 60.4 Å². The van der Waals surface area contributed by atoms with Crippen LogP contribution in [0.4, 0.5) is 16.2 Å². The molecule has 0 spiro atoms. The van der Waals surface area contributed by atoms with E-state index in [1.165, 1.54) is 4.90 Å². The van der Waals surface area contributed by atoms with Crippen LogP contribution in [0.3, 0.4) is 0 Å². The maximum Gasteiger partial charge on any atom is 0.324 e. The molecule has 0 aromatic heterocycles. The van der Waals surface area contributed by atoms with Crippen LogP contribution >= 0.6 is 0 Å². The largest absolute Gasteiger partial charge is 0.456 e. The standard InChI is InChI=1S/C19H22N4O6/c1-12-9-15(24)21-13-5-2-3-6-14(13)23(12)17(26)11-29-18(27)7-4-8-22-16(25)10-20-19(22)28/h2-3,5-6,12H,4,7-11H2,1H3,(H,20,28)(H,21,24)/t12-/m0/s1. The van der Waals surface area contributed by atoms with Crippen molar-refractivity contribution >= 4 is 41.1 Å². The highest BCUT2D eigenvalue weighted by molar-refractivity contribution is 6.05. The van der Waals surface area contributed by atoms with E-state index in [4.69, 9.17) is 4.74 Å². The van der Waals surface area contributed by atoms with Crippen LogP contribution in [0.15, 0.2) is 24.3 Å². The van der Waals surface area contributed by atoms with Crippen LogP contribution in [0, 0.1) is 0 Å². The zero-order chi connectivity index (χ0) is 21.0.